The minimum Gasteiger partial charge on any atom is -0.494 e. The molecule has 102 valence electrons. The Balaban J connectivity index is 2.05. The van der Waals surface area contributed by atoms with E-state index in [0.29, 0.717) is 18.6 Å². The van der Waals surface area contributed by atoms with Crippen LogP contribution in [0.15, 0.2) is 24.3 Å². The van der Waals surface area contributed by atoms with Crippen LogP contribution in [0, 0.1) is 0 Å². The summed E-state index contributed by atoms with van der Waals surface area (Å²) in [5, 5.41) is 0. The SMILES string of the molecule is O=C1CCCCCCCOc2ccc(cc2)C(=O)O1. The molecule has 3 rings (SSSR count). The number of rotatable bonds is 0. The molecule has 0 unspecified atom stereocenters. The molecular weight excluding hydrogens is 244 g/mol. The van der Waals surface area contributed by atoms with Crippen molar-refractivity contribution in [2.45, 2.75) is 38.5 Å². The summed E-state index contributed by atoms with van der Waals surface area (Å²) in [6.07, 6.45) is 5.22. The number of esters is 2. The average Bonchev–Trinajstić information content (AvgIpc) is 2.42. The Morgan fingerprint density at radius 3 is 2.32 bits per heavy atom. The standard InChI is InChI=1S/C15H18O4/c16-14-6-4-2-1-3-5-11-18-13-9-7-12(8-10-13)15(17)19-14/h7-10H,1-6,11H2. The van der Waals surface area contributed by atoms with Crippen LogP contribution in [-0.4, -0.2) is 18.5 Å². The van der Waals surface area contributed by atoms with Crippen LogP contribution in [0.2, 0.25) is 0 Å². The lowest BCUT2D eigenvalue weighted by atomic mass is 10.1. The largest absolute Gasteiger partial charge is 0.494 e. The molecule has 0 fully saturated rings. The van der Waals surface area contributed by atoms with Gasteiger partial charge in [0.15, 0.2) is 0 Å². The van der Waals surface area contributed by atoms with Crippen molar-refractivity contribution in [2.75, 3.05) is 6.61 Å². The maximum Gasteiger partial charge on any atom is 0.345 e. The Labute approximate surface area is 112 Å². The monoisotopic (exact) mass is 262 g/mol. The van der Waals surface area contributed by atoms with Gasteiger partial charge in [-0.3, -0.25) is 4.79 Å². The summed E-state index contributed by atoms with van der Waals surface area (Å²) in [4.78, 5) is 23.2. The fraction of sp³-hybridized carbons (Fsp3) is 0.467. The molecule has 0 aliphatic carbocycles. The third-order valence-corrected chi connectivity index (χ3v) is 3.09. The molecule has 0 radical (unpaired) electrons. The highest BCUT2D eigenvalue weighted by Gasteiger charge is 2.13. The molecule has 2 heterocycles. The first-order chi connectivity index (χ1) is 9.25. The molecule has 1 aromatic rings. The lowest BCUT2D eigenvalue weighted by molar-refractivity contribution is -0.138. The molecule has 0 saturated heterocycles. The molecular formula is C15H18O4. The quantitative estimate of drug-likeness (QED) is 0.532. The summed E-state index contributed by atoms with van der Waals surface area (Å²) < 4.78 is 10.4. The molecule has 0 spiro atoms. The van der Waals surface area contributed by atoms with Gasteiger partial charge in [-0.2, -0.15) is 0 Å². The lowest BCUT2D eigenvalue weighted by Crippen LogP contribution is -2.12. The van der Waals surface area contributed by atoms with E-state index in [4.69, 9.17) is 9.47 Å². The molecule has 0 amide bonds. The van der Waals surface area contributed by atoms with Gasteiger partial charge in [0.05, 0.1) is 12.2 Å². The highest BCUT2D eigenvalue weighted by molar-refractivity contribution is 5.96. The zero-order valence-corrected chi connectivity index (χ0v) is 10.9. The van der Waals surface area contributed by atoms with E-state index in [0.717, 1.165) is 37.9 Å². The van der Waals surface area contributed by atoms with E-state index < -0.39 is 11.9 Å². The predicted octanol–water partition coefficient (Wildman–Crippen LogP) is 3.10. The second-order valence-electron chi connectivity index (χ2n) is 4.65. The van der Waals surface area contributed by atoms with E-state index in [1.165, 1.54) is 0 Å². The Morgan fingerprint density at radius 2 is 1.53 bits per heavy atom. The van der Waals surface area contributed by atoms with Gasteiger partial charge in [0.25, 0.3) is 0 Å². The maximum absolute atomic E-state index is 11.7. The van der Waals surface area contributed by atoms with Gasteiger partial charge >= 0.3 is 11.9 Å². The lowest BCUT2D eigenvalue weighted by Gasteiger charge is -2.06. The molecule has 1 aromatic carbocycles. The number of carbonyl (C=O) groups is 2. The van der Waals surface area contributed by atoms with Gasteiger partial charge in [0, 0.05) is 6.42 Å². The number of hydrogen-bond acceptors (Lipinski definition) is 4. The number of fused-ring (bicyclic) bond motifs is 12. The van der Waals surface area contributed by atoms with E-state index in [9.17, 15) is 9.59 Å². The van der Waals surface area contributed by atoms with E-state index in [2.05, 4.69) is 0 Å². The summed E-state index contributed by atoms with van der Waals surface area (Å²) in [7, 11) is 0. The van der Waals surface area contributed by atoms with Gasteiger partial charge in [0.2, 0.25) is 0 Å². The van der Waals surface area contributed by atoms with Gasteiger partial charge < -0.3 is 9.47 Å². The van der Waals surface area contributed by atoms with Crippen molar-refractivity contribution in [1.29, 1.82) is 0 Å². The number of hydrogen-bond donors (Lipinski definition) is 0. The topological polar surface area (TPSA) is 52.6 Å². The molecule has 0 aromatic heterocycles. The normalized spacial score (nSPS) is 18.1. The van der Waals surface area contributed by atoms with Gasteiger partial charge in [-0.15, -0.1) is 0 Å². The summed E-state index contributed by atoms with van der Waals surface area (Å²) in [6.45, 7) is 0.683. The highest BCUT2D eigenvalue weighted by Crippen LogP contribution is 2.15. The van der Waals surface area contributed by atoms with Crippen LogP contribution in [0.5, 0.6) is 5.75 Å². The third-order valence-electron chi connectivity index (χ3n) is 3.09. The molecule has 2 aliphatic heterocycles. The Kier molecular flexibility index (Phi) is 4.95. The van der Waals surface area contributed by atoms with Crippen molar-refractivity contribution in [3.8, 4) is 5.75 Å². The van der Waals surface area contributed by atoms with Crippen molar-refractivity contribution < 1.29 is 19.1 Å². The fourth-order valence-electron chi connectivity index (χ4n) is 1.99. The summed E-state index contributed by atoms with van der Waals surface area (Å²) in [5.41, 5.74) is 0.371. The number of carbonyl (C=O) groups excluding carboxylic acids is 2. The first-order valence-corrected chi connectivity index (χ1v) is 6.73. The van der Waals surface area contributed by atoms with Crippen LogP contribution in [0.1, 0.15) is 48.9 Å². The molecule has 4 nitrogen and oxygen atoms in total. The molecule has 0 saturated carbocycles. The van der Waals surface area contributed by atoms with E-state index in [1.54, 1.807) is 24.3 Å². The predicted molar refractivity (Wildman–Crippen MR) is 70.1 cm³/mol. The van der Waals surface area contributed by atoms with Gasteiger partial charge in [0.1, 0.15) is 5.75 Å². The van der Waals surface area contributed by atoms with Crippen molar-refractivity contribution in [3.05, 3.63) is 29.8 Å². The van der Waals surface area contributed by atoms with Gasteiger partial charge in [-0.05, 0) is 37.1 Å². The first-order valence-electron chi connectivity index (χ1n) is 6.73. The summed E-state index contributed by atoms with van der Waals surface area (Å²) >= 11 is 0. The van der Waals surface area contributed by atoms with E-state index >= 15 is 0 Å². The molecule has 2 aliphatic rings. The Bertz CT molecular complexity index is 436. The van der Waals surface area contributed by atoms with Crippen LogP contribution < -0.4 is 4.74 Å². The van der Waals surface area contributed by atoms with Crippen molar-refractivity contribution in [3.63, 3.8) is 0 Å². The zero-order chi connectivity index (χ0) is 13.5. The third kappa shape index (κ3) is 4.39. The minimum absolute atomic E-state index is 0.306. The molecule has 4 heteroatoms. The van der Waals surface area contributed by atoms with Crippen LogP contribution >= 0.6 is 0 Å². The van der Waals surface area contributed by atoms with E-state index in [1.807, 2.05) is 0 Å². The van der Waals surface area contributed by atoms with Gasteiger partial charge in [-0.1, -0.05) is 19.3 Å². The number of ether oxygens (including phenoxy) is 2. The van der Waals surface area contributed by atoms with Gasteiger partial charge in [-0.25, -0.2) is 4.79 Å². The van der Waals surface area contributed by atoms with Crippen LogP contribution in [0.4, 0.5) is 0 Å². The van der Waals surface area contributed by atoms with Crippen LogP contribution in [0.3, 0.4) is 0 Å². The summed E-state index contributed by atoms with van der Waals surface area (Å²) in [5.74, 6) is -0.302. The zero-order valence-electron chi connectivity index (χ0n) is 10.9. The average molecular weight is 262 g/mol. The van der Waals surface area contributed by atoms with Crippen LogP contribution in [0.25, 0.3) is 0 Å². The maximum atomic E-state index is 11.7. The molecule has 19 heavy (non-hydrogen) atoms. The van der Waals surface area contributed by atoms with Crippen molar-refractivity contribution in [1.82, 2.24) is 0 Å². The summed E-state index contributed by atoms with van der Waals surface area (Å²) in [6, 6.07) is 6.68. The highest BCUT2D eigenvalue weighted by atomic mass is 16.6. The van der Waals surface area contributed by atoms with E-state index in [-0.39, 0.29) is 0 Å². The Hall–Kier alpha value is -1.84. The van der Waals surface area contributed by atoms with Crippen molar-refractivity contribution >= 4 is 11.9 Å². The fourth-order valence-corrected chi connectivity index (χ4v) is 1.99. The smallest absolute Gasteiger partial charge is 0.345 e. The number of benzene rings is 1. The molecule has 2 bridgehead atoms. The Morgan fingerprint density at radius 1 is 0.842 bits per heavy atom. The second-order valence-corrected chi connectivity index (χ2v) is 4.65. The molecule has 0 atom stereocenters. The second kappa shape index (κ2) is 6.92. The molecule has 0 N–H and O–H groups in total. The first kappa shape index (κ1) is 13.6. The van der Waals surface area contributed by atoms with Crippen LogP contribution in [-0.2, 0) is 9.53 Å². The van der Waals surface area contributed by atoms with Crippen molar-refractivity contribution in [2.24, 2.45) is 0 Å². The minimum atomic E-state index is -0.591.